The van der Waals surface area contributed by atoms with Gasteiger partial charge in [-0.05, 0) is 31.9 Å². The van der Waals surface area contributed by atoms with Crippen LogP contribution in [0.1, 0.15) is 24.8 Å². The molecule has 0 spiro atoms. The fourth-order valence-electron chi connectivity index (χ4n) is 2.83. The number of hydrogen-bond acceptors (Lipinski definition) is 3. The van der Waals surface area contributed by atoms with Gasteiger partial charge in [-0.1, -0.05) is 17.7 Å². The van der Waals surface area contributed by atoms with E-state index in [1.807, 2.05) is 31.2 Å². The monoisotopic (exact) mass is 259 g/mol. The summed E-state index contributed by atoms with van der Waals surface area (Å²) in [6, 6.07) is 7.47. The van der Waals surface area contributed by atoms with Crippen LogP contribution in [0.15, 0.2) is 24.3 Å². The summed E-state index contributed by atoms with van der Waals surface area (Å²) in [6.07, 6.45) is 2.06. The van der Waals surface area contributed by atoms with Crippen LogP contribution in [0.25, 0.3) is 0 Å². The molecule has 2 fully saturated rings. The molecule has 4 heteroatoms. The third kappa shape index (κ3) is 2.16. The van der Waals surface area contributed by atoms with Crippen LogP contribution in [-0.2, 0) is 14.3 Å². The third-order valence-corrected chi connectivity index (χ3v) is 3.89. The zero-order chi connectivity index (χ0) is 13.4. The van der Waals surface area contributed by atoms with Gasteiger partial charge in [0.15, 0.2) is 0 Å². The Morgan fingerprint density at radius 3 is 2.58 bits per heavy atom. The van der Waals surface area contributed by atoms with Crippen molar-refractivity contribution >= 4 is 17.5 Å². The number of ether oxygens (including phenoxy) is 1. The molecule has 2 aliphatic rings. The van der Waals surface area contributed by atoms with Gasteiger partial charge in [0.05, 0.1) is 17.7 Å². The molecule has 19 heavy (non-hydrogen) atoms. The molecular weight excluding hydrogens is 242 g/mol. The van der Waals surface area contributed by atoms with Crippen LogP contribution >= 0.6 is 0 Å². The predicted molar refractivity (Wildman–Crippen MR) is 70.8 cm³/mol. The number of benzene rings is 1. The van der Waals surface area contributed by atoms with E-state index in [1.165, 1.54) is 4.90 Å². The van der Waals surface area contributed by atoms with E-state index in [-0.39, 0.29) is 30.3 Å². The van der Waals surface area contributed by atoms with Crippen molar-refractivity contribution in [2.24, 2.45) is 5.92 Å². The third-order valence-electron chi connectivity index (χ3n) is 3.89. The lowest BCUT2D eigenvalue weighted by molar-refractivity contribution is -0.124. The SMILES string of the molecule is Cc1ccc(N2C(=O)C[C@H]([C@@H]3CCCO3)C2=O)cc1. The number of carbonyl (C=O) groups is 2. The van der Waals surface area contributed by atoms with Crippen molar-refractivity contribution in [1.29, 1.82) is 0 Å². The summed E-state index contributed by atoms with van der Waals surface area (Å²) >= 11 is 0. The van der Waals surface area contributed by atoms with E-state index in [9.17, 15) is 9.59 Å². The fourth-order valence-corrected chi connectivity index (χ4v) is 2.83. The number of carbonyl (C=O) groups excluding carboxylic acids is 2. The lowest BCUT2D eigenvalue weighted by Crippen LogP contribution is -2.33. The first-order valence-corrected chi connectivity index (χ1v) is 6.72. The second-order valence-electron chi connectivity index (χ2n) is 5.27. The van der Waals surface area contributed by atoms with E-state index in [0.717, 1.165) is 18.4 Å². The molecule has 3 rings (SSSR count). The van der Waals surface area contributed by atoms with Crippen molar-refractivity contribution < 1.29 is 14.3 Å². The van der Waals surface area contributed by atoms with Gasteiger partial charge >= 0.3 is 0 Å². The first-order valence-electron chi connectivity index (χ1n) is 6.72. The van der Waals surface area contributed by atoms with Gasteiger partial charge in [-0.3, -0.25) is 14.5 Å². The Hall–Kier alpha value is -1.68. The van der Waals surface area contributed by atoms with Crippen LogP contribution < -0.4 is 4.90 Å². The van der Waals surface area contributed by atoms with Gasteiger partial charge in [0.1, 0.15) is 0 Å². The molecule has 0 aromatic heterocycles. The summed E-state index contributed by atoms with van der Waals surface area (Å²) in [5.74, 6) is -0.522. The van der Waals surface area contributed by atoms with Crippen LogP contribution in [0.4, 0.5) is 5.69 Å². The fraction of sp³-hybridized carbons (Fsp3) is 0.467. The van der Waals surface area contributed by atoms with Crippen molar-refractivity contribution in [2.75, 3.05) is 11.5 Å². The van der Waals surface area contributed by atoms with Crippen LogP contribution in [0.5, 0.6) is 0 Å². The molecule has 1 aromatic carbocycles. The minimum atomic E-state index is -0.295. The Labute approximate surface area is 112 Å². The summed E-state index contributed by atoms with van der Waals surface area (Å²) in [6.45, 7) is 2.68. The largest absolute Gasteiger partial charge is 0.377 e. The molecule has 0 N–H and O–H groups in total. The number of imide groups is 1. The van der Waals surface area contributed by atoms with Crippen molar-refractivity contribution in [3.05, 3.63) is 29.8 Å². The maximum atomic E-state index is 12.4. The maximum absolute atomic E-state index is 12.4. The highest BCUT2D eigenvalue weighted by molar-refractivity contribution is 6.21. The van der Waals surface area contributed by atoms with Gasteiger partial charge in [-0.15, -0.1) is 0 Å². The molecule has 2 amide bonds. The number of anilines is 1. The van der Waals surface area contributed by atoms with Gasteiger partial charge in [-0.2, -0.15) is 0 Å². The molecule has 4 nitrogen and oxygen atoms in total. The van der Waals surface area contributed by atoms with Crippen molar-refractivity contribution in [3.63, 3.8) is 0 Å². The van der Waals surface area contributed by atoms with Gasteiger partial charge < -0.3 is 4.74 Å². The molecule has 0 unspecified atom stereocenters. The zero-order valence-electron chi connectivity index (χ0n) is 11.0. The van der Waals surface area contributed by atoms with Crippen molar-refractivity contribution in [1.82, 2.24) is 0 Å². The molecule has 2 heterocycles. The zero-order valence-corrected chi connectivity index (χ0v) is 11.0. The molecule has 100 valence electrons. The summed E-state index contributed by atoms with van der Waals surface area (Å²) in [7, 11) is 0. The Bertz CT molecular complexity index is 503. The Kier molecular flexibility index (Phi) is 3.11. The molecule has 0 aliphatic carbocycles. The van der Waals surface area contributed by atoms with E-state index in [2.05, 4.69) is 0 Å². The Morgan fingerprint density at radius 2 is 1.95 bits per heavy atom. The van der Waals surface area contributed by atoms with Crippen LogP contribution in [0.2, 0.25) is 0 Å². The first kappa shape index (κ1) is 12.4. The van der Waals surface area contributed by atoms with Gasteiger partial charge in [0.25, 0.3) is 0 Å². The van der Waals surface area contributed by atoms with Gasteiger partial charge in [0, 0.05) is 13.0 Å². The Morgan fingerprint density at radius 1 is 1.21 bits per heavy atom. The lowest BCUT2D eigenvalue weighted by atomic mass is 9.98. The quantitative estimate of drug-likeness (QED) is 0.764. The van der Waals surface area contributed by atoms with Crippen molar-refractivity contribution in [3.8, 4) is 0 Å². The molecule has 1 aromatic rings. The molecule has 2 atom stereocenters. The lowest BCUT2D eigenvalue weighted by Gasteiger charge is -2.18. The first-order chi connectivity index (χ1) is 9.16. The minimum Gasteiger partial charge on any atom is -0.377 e. The van der Waals surface area contributed by atoms with Crippen LogP contribution in [0.3, 0.4) is 0 Å². The maximum Gasteiger partial charge on any atom is 0.240 e. The highest BCUT2D eigenvalue weighted by atomic mass is 16.5. The van der Waals surface area contributed by atoms with E-state index < -0.39 is 0 Å². The molecule has 0 radical (unpaired) electrons. The highest BCUT2D eigenvalue weighted by Crippen LogP contribution is 2.33. The smallest absolute Gasteiger partial charge is 0.240 e. The topological polar surface area (TPSA) is 46.6 Å². The average molecular weight is 259 g/mol. The summed E-state index contributed by atoms with van der Waals surface area (Å²) in [4.78, 5) is 25.8. The summed E-state index contributed by atoms with van der Waals surface area (Å²) < 4.78 is 5.56. The number of aryl methyl sites for hydroxylation is 1. The molecule has 0 bridgehead atoms. The molecule has 2 saturated heterocycles. The van der Waals surface area contributed by atoms with Gasteiger partial charge in [-0.25, -0.2) is 0 Å². The van der Waals surface area contributed by atoms with E-state index >= 15 is 0 Å². The summed E-state index contributed by atoms with van der Waals surface area (Å²) in [5.41, 5.74) is 1.78. The van der Waals surface area contributed by atoms with Crippen LogP contribution in [-0.4, -0.2) is 24.5 Å². The van der Waals surface area contributed by atoms with E-state index in [0.29, 0.717) is 12.3 Å². The second kappa shape index (κ2) is 4.78. The van der Waals surface area contributed by atoms with Crippen molar-refractivity contribution in [2.45, 2.75) is 32.3 Å². The molecule has 2 aliphatic heterocycles. The average Bonchev–Trinajstić information content (AvgIpc) is 3.00. The minimum absolute atomic E-state index is 0.0769. The second-order valence-corrected chi connectivity index (χ2v) is 5.27. The highest BCUT2D eigenvalue weighted by Gasteiger charge is 2.44. The Balaban J connectivity index is 1.84. The molecule has 0 saturated carbocycles. The number of hydrogen-bond donors (Lipinski definition) is 0. The van der Waals surface area contributed by atoms with Crippen LogP contribution in [0, 0.1) is 12.8 Å². The number of nitrogens with zero attached hydrogens (tertiary/aromatic N) is 1. The molecular formula is C15H17NO3. The van der Waals surface area contributed by atoms with Gasteiger partial charge in [0.2, 0.25) is 11.8 Å². The standard InChI is InChI=1S/C15H17NO3/c1-10-4-6-11(7-5-10)16-14(17)9-12(15(16)18)13-3-2-8-19-13/h4-7,12-13H,2-3,8-9H2,1H3/t12-,13+/m1/s1. The predicted octanol–water partition coefficient (Wildman–Crippen LogP) is 2.05. The normalized spacial score (nSPS) is 27.3. The van der Waals surface area contributed by atoms with E-state index in [1.54, 1.807) is 0 Å². The number of rotatable bonds is 2. The van der Waals surface area contributed by atoms with E-state index in [4.69, 9.17) is 4.74 Å². The number of amides is 2. The summed E-state index contributed by atoms with van der Waals surface area (Å²) in [5, 5.41) is 0.